The molecule has 1 rings (SSSR count). The van der Waals surface area contributed by atoms with Crippen LogP contribution in [0.1, 0.15) is 84.0 Å². The van der Waals surface area contributed by atoms with Crippen molar-refractivity contribution in [2.75, 3.05) is 12.4 Å². The van der Waals surface area contributed by atoms with E-state index in [1.807, 2.05) is 0 Å². The molecule has 0 bridgehead atoms. The van der Waals surface area contributed by atoms with Crippen molar-refractivity contribution >= 4 is 34.6 Å². The topological polar surface area (TPSA) is 93.5 Å². The van der Waals surface area contributed by atoms with Crippen LogP contribution in [-0.2, 0) is 4.79 Å². The van der Waals surface area contributed by atoms with Crippen molar-refractivity contribution in [2.24, 2.45) is 0 Å². The minimum atomic E-state index is -0.500. The van der Waals surface area contributed by atoms with E-state index in [1.165, 1.54) is 76.7 Å². The highest BCUT2D eigenvalue weighted by atomic mass is 32.1. The van der Waals surface area contributed by atoms with Gasteiger partial charge in [-0.1, -0.05) is 71.1 Å². The third-order valence-electron chi connectivity index (χ3n) is 4.90. The monoisotopic (exact) mass is 437 g/mol. The number of non-ortho nitro benzene ring substituents is 1. The minimum absolute atomic E-state index is 0.0798. The number of rotatable bonds is 15. The van der Waals surface area contributed by atoms with Crippen LogP contribution in [0.3, 0.4) is 0 Å². The fourth-order valence-electron chi connectivity index (χ4n) is 3.19. The highest BCUT2D eigenvalue weighted by Crippen LogP contribution is 2.28. The van der Waals surface area contributed by atoms with Crippen molar-refractivity contribution in [1.29, 1.82) is 0 Å². The van der Waals surface area contributed by atoms with Gasteiger partial charge in [-0.3, -0.25) is 14.9 Å². The van der Waals surface area contributed by atoms with E-state index in [-0.39, 0.29) is 22.5 Å². The molecule has 0 fully saturated rings. The van der Waals surface area contributed by atoms with E-state index >= 15 is 0 Å². The van der Waals surface area contributed by atoms with E-state index < -0.39 is 4.92 Å². The van der Waals surface area contributed by atoms with Crippen LogP contribution in [0, 0.1) is 10.1 Å². The zero-order valence-electron chi connectivity index (χ0n) is 18.2. The molecule has 8 heteroatoms. The molecule has 1 amide bonds. The van der Waals surface area contributed by atoms with Crippen molar-refractivity contribution in [2.45, 2.75) is 84.0 Å². The number of carbonyl (C=O) groups excluding carboxylic acids is 1. The molecule has 0 saturated heterocycles. The van der Waals surface area contributed by atoms with Gasteiger partial charge in [0.15, 0.2) is 5.11 Å². The normalized spacial score (nSPS) is 10.5. The van der Waals surface area contributed by atoms with Crippen LogP contribution in [-0.4, -0.2) is 23.1 Å². The smallest absolute Gasteiger partial charge is 0.273 e. The largest absolute Gasteiger partial charge is 0.494 e. The van der Waals surface area contributed by atoms with Crippen molar-refractivity contribution in [1.82, 2.24) is 5.32 Å². The Morgan fingerprint density at radius 1 is 1.03 bits per heavy atom. The second-order valence-corrected chi connectivity index (χ2v) is 7.84. The van der Waals surface area contributed by atoms with Gasteiger partial charge in [0.25, 0.3) is 5.69 Å². The summed E-state index contributed by atoms with van der Waals surface area (Å²) in [4.78, 5) is 22.4. The quantitative estimate of drug-likeness (QED) is 0.149. The number of anilines is 1. The summed E-state index contributed by atoms with van der Waals surface area (Å²) in [6.07, 6.45) is 14.0. The summed E-state index contributed by atoms with van der Waals surface area (Å²) in [5.41, 5.74) is 0.381. The van der Waals surface area contributed by atoms with Crippen molar-refractivity contribution in [3.63, 3.8) is 0 Å². The highest BCUT2D eigenvalue weighted by molar-refractivity contribution is 7.80. The van der Waals surface area contributed by atoms with Gasteiger partial charge in [0, 0.05) is 12.5 Å². The first-order valence-corrected chi connectivity index (χ1v) is 11.3. The van der Waals surface area contributed by atoms with Crippen molar-refractivity contribution < 1.29 is 14.5 Å². The second-order valence-electron chi connectivity index (χ2n) is 7.43. The summed E-state index contributed by atoms with van der Waals surface area (Å²) in [6, 6.07) is 4.15. The number of carbonyl (C=O) groups is 1. The number of hydrogen-bond acceptors (Lipinski definition) is 5. The molecule has 0 atom stereocenters. The number of ether oxygens (including phenoxy) is 1. The van der Waals surface area contributed by atoms with Crippen LogP contribution >= 0.6 is 12.2 Å². The molecule has 7 nitrogen and oxygen atoms in total. The average Bonchev–Trinajstić information content (AvgIpc) is 2.72. The van der Waals surface area contributed by atoms with Crippen LogP contribution in [0.15, 0.2) is 18.2 Å². The number of unbranched alkanes of at least 4 members (excludes halogenated alkanes) is 10. The number of benzene rings is 1. The van der Waals surface area contributed by atoms with Gasteiger partial charge in [0.2, 0.25) is 5.91 Å². The molecule has 0 unspecified atom stereocenters. The third kappa shape index (κ3) is 11.1. The fourth-order valence-corrected chi connectivity index (χ4v) is 3.41. The number of nitro groups is 1. The minimum Gasteiger partial charge on any atom is -0.494 e. The van der Waals surface area contributed by atoms with Crippen LogP contribution in [0.25, 0.3) is 0 Å². The molecule has 1 aromatic carbocycles. The summed E-state index contributed by atoms with van der Waals surface area (Å²) in [6.45, 7) is 2.24. The Balaban J connectivity index is 2.17. The maximum atomic E-state index is 12.0. The first kappa shape index (κ1) is 25.8. The first-order valence-electron chi connectivity index (χ1n) is 10.9. The van der Waals surface area contributed by atoms with E-state index in [2.05, 4.69) is 17.6 Å². The summed E-state index contributed by atoms with van der Waals surface area (Å²) in [5.74, 6) is 0.149. The lowest BCUT2D eigenvalue weighted by Gasteiger charge is -2.12. The molecule has 0 aliphatic carbocycles. The lowest BCUT2D eigenvalue weighted by molar-refractivity contribution is -0.384. The maximum Gasteiger partial charge on any atom is 0.273 e. The average molecular weight is 438 g/mol. The first-order chi connectivity index (χ1) is 14.5. The molecule has 30 heavy (non-hydrogen) atoms. The van der Waals surface area contributed by atoms with Crippen LogP contribution in [0.4, 0.5) is 11.4 Å². The molecular weight excluding hydrogens is 402 g/mol. The summed E-state index contributed by atoms with van der Waals surface area (Å²) >= 11 is 5.16. The Kier molecular flexibility index (Phi) is 13.4. The SMILES string of the molecule is CCCCCCCCCCCCCC(=O)NC(=S)Nc1ccc([N+](=O)[O-])cc1OC. The van der Waals surface area contributed by atoms with Crippen molar-refractivity contribution in [3.05, 3.63) is 28.3 Å². The number of thiocarbonyl (C=S) groups is 1. The van der Waals surface area contributed by atoms with E-state index in [4.69, 9.17) is 17.0 Å². The number of methoxy groups -OCH3 is 1. The summed E-state index contributed by atoms with van der Waals surface area (Å²) < 4.78 is 5.15. The predicted molar refractivity (Wildman–Crippen MR) is 125 cm³/mol. The number of nitrogens with one attached hydrogen (secondary N) is 2. The number of amides is 1. The van der Waals surface area contributed by atoms with Crippen LogP contribution < -0.4 is 15.4 Å². The summed E-state index contributed by atoms with van der Waals surface area (Å²) in [5, 5.41) is 16.5. The summed E-state index contributed by atoms with van der Waals surface area (Å²) in [7, 11) is 1.42. The Morgan fingerprint density at radius 3 is 2.13 bits per heavy atom. The predicted octanol–water partition coefficient (Wildman–Crippen LogP) is 6.12. The molecular formula is C22H35N3O4S. The highest BCUT2D eigenvalue weighted by Gasteiger charge is 2.13. The van der Waals surface area contributed by atoms with Crippen LogP contribution in [0.5, 0.6) is 5.75 Å². The second kappa shape index (κ2) is 15.6. The zero-order valence-corrected chi connectivity index (χ0v) is 19.0. The standard InChI is InChI=1S/C22H35N3O4S/c1-3-4-5-6-7-8-9-10-11-12-13-14-21(26)24-22(30)23-19-16-15-18(25(27)28)17-20(19)29-2/h15-17H,3-14H2,1-2H3,(H2,23,24,26,30). The van der Waals surface area contributed by atoms with E-state index in [9.17, 15) is 14.9 Å². The molecule has 0 spiro atoms. The molecule has 168 valence electrons. The van der Waals surface area contributed by atoms with E-state index in [1.54, 1.807) is 0 Å². The van der Waals surface area contributed by atoms with Gasteiger partial charge in [0.05, 0.1) is 23.8 Å². The molecule has 0 saturated carbocycles. The van der Waals surface area contributed by atoms with Gasteiger partial charge >= 0.3 is 0 Å². The lowest BCUT2D eigenvalue weighted by Crippen LogP contribution is -2.34. The number of nitrogens with zero attached hydrogens (tertiary/aromatic N) is 1. The molecule has 0 radical (unpaired) electrons. The fraction of sp³-hybridized carbons (Fsp3) is 0.636. The molecule has 0 heterocycles. The maximum absolute atomic E-state index is 12.0. The Bertz CT molecular complexity index is 682. The Morgan fingerprint density at radius 2 is 1.60 bits per heavy atom. The van der Waals surface area contributed by atoms with Gasteiger partial charge in [-0.05, 0) is 24.7 Å². The van der Waals surface area contributed by atoms with Gasteiger partial charge in [-0.15, -0.1) is 0 Å². The van der Waals surface area contributed by atoms with Crippen molar-refractivity contribution in [3.8, 4) is 5.75 Å². The Labute approximate surface area is 185 Å². The number of nitro benzene ring substituents is 1. The molecule has 0 aromatic heterocycles. The molecule has 1 aromatic rings. The van der Waals surface area contributed by atoms with Crippen LogP contribution in [0.2, 0.25) is 0 Å². The van der Waals surface area contributed by atoms with Gasteiger partial charge in [-0.2, -0.15) is 0 Å². The van der Waals surface area contributed by atoms with E-state index in [0.29, 0.717) is 12.1 Å². The molecule has 2 N–H and O–H groups in total. The zero-order chi connectivity index (χ0) is 22.2. The van der Waals surface area contributed by atoms with E-state index in [0.717, 1.165) is 19.3 Å². The molecule has 0 aliphatic heterocycles. The lowest BCUT2D eigenvalue weighted by atomic mass is 10.1. The Hall–Kier alpha value is -2.22. The van der Waals surface area contributed by atoms with Gasteiger partial charge in [-0.25, -0.2) is 0 Å². The van der Waals surface area contributed by atoms with Gasteiger partial charge in [0.1, 0.15) is 5.75 Å². The number of hydrogen-bond donors (Lipinski definition) is 2. The third-order valence-corrected chi connectivity index (χ3v) is 5.11. The molecule has 0 aliphatic rings. The van der Waals surface area contributed by atoms with Gasteiger partial charge < -0.3 is 15.4 Å².